The molecule has 4 heterocycles. The van der Waals surface area contributed by atoms with Gasteiger partial charge in [0.1, 0.15) is 11.3 Å². The number of nitrogens with zero attached hydrogens (tertiary/aromatic N) is 6. The lowest BCUT2D eigenvalue weighted by atomic mass is 10.0. The molecule has 12 heteroatoms. The second kappa shape index (κ2) is 10.2. The molecule has 0 spiro atoms. The van der Waals surface area contributed by atoms with Crippen LogP contribution in [0.25, 0.3) is 11.2 Å². The summed E-state index contributed by atoms with van der Waals surface area (Å²) in [7, 11) is 0. The number of nitrogens with one attached hydrogen (secondary N) is 1. The lowest BCUT2D eigenvalue weighted by Gasteiger charge is -2.37. The highest BCUT2D eigenvalue weighted by Gasteiger charge is 2.29. The molecule has 3 aromatic rings. The van der Waals surface area contributed by atoms with Crippen molar-refractivity contribution in [2.24, 2.45) is 5.73 Å². The van der Waals surface area contributed by atoms with Crippen LogP contribution < -0.4 is 16.0 Å². The lowest BCUT2D eigenvalue weighted by molar-refractivity contribution is -0.134. The molecule has 0 bridgehead atoms. The molecule has 2 saturated heterocycles. The Morgan fingerprint density at radius 1 is 1.17 bits per heavy atom. The monoisotopic (exact) mass is 530 g/mol. The zero-order chi connectivity index (χ0) is 25.4. The second-order valence-electron chi connectivity index (χ2n) is 9.21. The molecule has 2 fully saturated rings. The van der Waals surface area contributed by atoms with Gasteiger partial charge in [-0.3, -0.25) is 9.59 Å². The van der Waals surface area contributed by atoms with Crippen LogP contribution in [0.1, 0.15) is 48.3 Å². The maximum Gasteiger partial charge on any atom is 0.271 e. The van der Waals surface area contributed by atoms with Gasteiger partial charge in [0, 0.05) is 36.2 Å². The summed E-state index contributed by atoms with van der Waals surface area (Å²) in [5.74, 6) is 0.143. The van der Waals surface area contributed by atoms with Gasteiger partial charge in [-0.15, -0.1) is 0 Å². The first kappa shape index (κ1) is 24.7. The van der Waals surface area contributed by atoms with E-state index in [1.165, 1.54) is 0 Å². The summed E-state index contributed by atoms with van der Waals surface area (Å²) >= 11 is 12.5. The van der Waals surface area contributed by atoms with Crippen LogP contribution in [-0.2, 0) is 4.79 Å². The number of carbonyl (C=O) groups excluding carboxylic acids is 2. The van der Waals surface area contributed by atoms with Gasteiger partial charge in [0.15, 0.2) is 11.3 Å². The van der Waals surface area contributed by atoms with Gasteiger partial charge in [0.2, 0.25) is 5.91 Å². The van der Waals surface area contributed by atoms with E-state index >= 15 is 0 Å². The predicted octanol–water partition coefficient (Wildman–Crippen LogP) is 2.63. The first-order chi connectivity index (χ1) is 17.3. The van der Waals surface area contributed by atoms with Gasteiger partial charge < -0.3 is 20.9 Å². The first-order valence-electron chi connectivity index (χ1n) is 12.1. The van der Waals surface area contributed by atoms with Gasteiger partial charge in [-0.05, 0) is 44.0 Å². The molecular weight excluding hydrogens is 503 g/mol. The molecule has 2 aliphatic heterocycles. The Morgan fingerprint density at radius 3 is 2.61 bits per heavy atom. The summed E-state index contributed by atoms with van der Waals surface area (Å²) in [5, 5.41) is 8.79. The standard InChI is InChI=1S/C24H28Cl2N8O2/c1-14(16-6-5-15(25)12-17(16)26)34-23-21(20(31-34)22(27)35)29-13-19(30-23)32-8-10-33(11-9-32)24(36)18-4-2-3-7-28-18/h5-6,12-14,18,28H,2-4,7-11H2,1H3,(H2,27,35)/t14-,18?/m0/s1. The number of primary amides is 1. The largest absolute Gasteiger partial charge is 0.364 e. The number of anilines is 1. The minimum absolute atomic E-state index is 0.0522. The third-order valence-electron chi connectivity index (χ3n) is 6.93. The molecule has 3 N–H and O–H groups in total. The quantitative estimate of drug-likeness (QED) is 0.519. The number of piperazine rings is 1. The minimum Gasteiger partial charge on any atom is -0.364 e. The molecule has 2 aromatic heterocycles. The number of piperidine rings is 1. The maximum atomic E-state index is 12.9. The molecule has 2 amide bonds. The van der Waals surface area contributed by atoms with Crippen LogP contribution in [0.3, 0.4) is 0 Å². The zero-order valence-electron chi connectivity index (χ0n) is 20.0. The third kappa shape index (κ3) is 4.72. The number of fused-ring (bicyclic) bond motifs is 1. The number of halogens is 2. The van der Waals surface area contributed by atoms with Crippen LogP contribution in [0.5, 0.6) is 0 Å². The Labute approximate surface area is 218 Å². The highest BCUT2D eigenvalue weighted by atomic mass is 35.5. The van der Waals surface area contributed by atoms with E-state index in [1.807, 2.05) is 17.9 Å². The van der Waals surface area contributed by atoms with E-state index in [1.54, 1.807) is 23.0 Å². The maximum absolute atomic E-state index is 12.9. The van der Waals surface area contributed by atoms with Crippen LogP contribution in [0.4, 0.5) is 5.82 Å². The molecule has 190 valence electrons. The van der Waals surface area contributed by atoms with Gasteiger partial charge in [-0.2, -0.15) is 5.10 Å². The van der Waals surface area contributed by atoms with Crippen LogP contribution in [-0.4, -0.2) is 75.2 Å². The first-order valence-corrected chi connectivity index (χ1v) is 12.9. The van der Waals surface area contributed by atoms with E-state index in [4.69, 9.17) is 33.9 Å². The molecule has 10 nitrogen and oxygen atoms in total. The van der Waals surface area contributed by atoms with E-state index in [0.29, 0.717) is 53.2 Å². The molecule has 0 aliphatic carbocycles. The molecule has 5 rings (SSSR count). The van der Waals surface area contributed by atoms with Crippen molar-refractivity contribution in [3.05, 3.63) is 45.7 Å². The molecule has 0 saturated carbocycles. The Balaban J connectivity index is 1.41. The van der Waals surface area contributed by atoms with E-state index in [0.717, 1.165) is 31.4 Å². The topological polar surface area (TPSA) is 122 Å². The summed E-state index contributed by atoms with van der Waals surface area (Å²) in [5.41, 5.74) is 7.18. The molecule has 2 atom stereocenters. The van der Waals surface area contributed by atoms with Gasteiger partial charge in [-0.25, -0.2) is 14.6 Å². The van der Waals surface area contributed by atoms with Crippen molar-refractivity contribution in [2.75, 3.05) is 37.6 Å². The summed E-state index contributed by atoms with van der Waals surface area (Å²) in [6.45, 7) is 5.29. The van der Waals surface area contributed by atoms with Gasteiger partial charge in [0.05, 0.1) is 18.3 Å². The number of benzene rings is 1. The number of rotatable bonds is 5. The minimum atomic E-state index is -0.682. The summed E-state index contributed by atoms with van der Waals surface area (Å²) in [4.78, 5) is 38.3. The Kier molecular flexibility index (Phi) is 7.00. The fourth-order valence-corrected chi connectivity index (χ4v) is 5.47. The lowest BCUT2D eigenvalue weighted by Crippen LogP contribution is -2.55. The van der Waals surface area contributed by atoms with Gasteiger partial charge >= 0.3 is 0 Å². The van der Waals surface area contributed by atoms with Crippen LogP contribution in [0.2, 0.25) is 10.0 Å². The van der Waals surface area contributed by atoms with Crippen molar-refractivity contribution < 1.29 is 9.59 Å². The molecule has 0 radical (unpaired) electrons. The summed E-state index contributed by atoms with van der Waals surface area (Å²) in [6.07, 6.45) is 4.72. The van der Waals surface area contributed by atoms with Crippen molar-refractivity contribution >= 4 is 52.0 Å². The number of nitrogens with two attached hydrogens (primary N) is 1. The van der Waals surface area contributed by atoms with Crippen molar-refractivity contribution in [1.82, 2.24) is 30.0 Å². The van der Waals surface area contributed by atoms with Crippen molar-refractivity contribution in [3.63, 3.8) is 0 Å². The Hall–Kier alpha value is -2.95. The summed E-state index contributed by atoms with van der Waals surface area (Å²) in [6, 6.07) is 4.80. The van der Waals surface area contributed by atoms with Crippen LogP contribution >= 0.6 is 23.2 Å². The fraction of sp³-hybridized carbons (Fsp3) is 0.458. The third-order valence-corrected chi connectivity index (χ3v) is 7.49. The molecule has 1 aromatic carbocycles. The van der Waals surface area contributed by atoms with Crippen LogP contribution in [0, 0.1) is 0 Å². The average molecular weight is 531 g/mol. The second-order valence-corrected chi connectivity index (χ2v) is 10.1. The zero-order valence-corrected chi connectivity index (χ0v) is 21.5. The van der Waals surface area contributed by atoms with Crippen molar-refractivity contribution in [3.8, 4) is 0 Å². The molecule has 36 heavy (non-hydrogen) atoms. The van der Waals surface area contributed by atoms with E-state index in [-0.39, 0.29) is 23.7 Å². The highest BCUT2D eigenvalue weighted by molar-refractivity contribution is 6.35. The van der Waals surface area contributed by atoms with Crippen molar-refractivity contribution in [2.45, 2.75) is 38.3 Å². The van der Waals surface area contributed by atoms with Gasteiger partial charge in [-0.1, -0.05) is 35.7 Å². The SMILES string of the molecule is C[C@@H](c1ccc(Cl)cc1Cl)n1nc(C(N)=O)c2ncc(N3CCN(C(=O)C4CCCCN4)CC3)nc21. The Morgan fingerprint density at radius 2 is 1.94 bits per heavy atom. The van der Waals surface area contributed by atoms with E-state index in [2.05, 4.69) is 20.3 Å². The molecule has 2 aliphatic rings. The molecule has 1 unspecified atom stereocenters. The predicted molar refractivity (Wildman–Crippen MR) is 139 cm³/mol. The highest BCUT2D eigenvalue weighted by Crippen LogP contribution is 2.31. The number of amides is 2. The van der Waals surface area contributed by atoms with Gasteiger partial charge in [0.25, 0.3) is 5.91 Å². The smallest absolute Gasteiger partial charge is 0.271 e. The molecular formula is C24H28Cl2N8O2. The number of carbonyl (C=O) groups is 2. The van der Waals surface area contributed by atoms with Crippen molar-refractivity contribution in [1.29, 1.82) is 0 Å². The number of aromatic nitrogens is 4. The van der Waals surface area contributed by atoms with E-state index < -0.39 is 5.91 Å². The van der Waals surface area contributed by atoms with Crippen LogP contribution in [0.15, 0.2) is 24.4 Å². The average Bonchev–Trinajstić information content (AvgIpc) is 3.28. The normalized spacial score (nSPS) is 19.5. The Bertz CT molecular complexity index is 1300. The number of hydrogen-bond donors (Lipinski definition) is 2. The number of hydrogen-bond acceptors (Lipinski definition) is 7. The van der Waals surface area contributed by atoms with E-state index in [9.17, 15) is 9.59 Å². The fourth-order valence-electron chi connectivity index (χ4n) is 4.90. The summed E-state index contributed by atoms with van der Waals surface area (Å²) < 4.78 is 1.62.